The Kier molecular flexibility index (Phi) is 2.13. The molecule has 0 radical (unpaired) electrons. The quantitative estimate of drug-likeness (QED) is 0.721. The molecule has 2 atom stereocenters. The van der Waals surface area contributed by atoms with E-state index in [0.717, 1.165) is 18.7 Å². The summed E-state index contributed by atoms with van der Waals surface area (Å²) < 4.78 is 0. The Morgan fingerprint density at radius 3 is 3.06 bits per heavy atom. The number of nitrogens with zero attached hydrogens (tertiary/aromatic N) is 1. The second-order valence-corrected chi connectivity index (χ2v) is 4.76. The van der Waals surface area contributed by atoms with Gasteiger partial charge in [-0.15, -0.1) is 0 Å². The van der Waals surface area contributed by atoms with Crippen molar-refractivity contribution in [1.82, 2.24) is 0 Å². The number of benzene rings is 1. The highest BCUT2D eigenvalue weighted by atomic mass is 16.2. The van der Waals surface area contributed by atoms with E-state index in [9.17, 15) is 4.79 Å². The second-order valence-electron chi connectivity index (χ2n) is 4.76. The molecule has 0 spiro atoms. The Bertz CT molecular complexity index is 430. The maximum Gasteiger partial charge on any atom is 0.247 e. The molecule has 3 nitrogen and oxygen atoms in total. The maximum absolute atomic E-state index is 12.0. The van der Waals surface area contributed by atoms with Crippen LogP contribution in [0.25, 0.3) is 0 Å². The van der Waals surface area contributed by atoms with Gasteiger partial charge in [0.15, 0.2) is 0 Å². The fraction of sp³-hybridized carbons (Fsp3) is 0.462. The lowest BCUT2D eigenvalue weighted by Gasteiger charge is -2.44. The van der Waals surface area contributed by atoms with Crippen LogP contribution >= 0.6 is 0 Å². The van der Waals surface area contributed by atoms with Crippen molar-refractivity contribution in [3.05, 3.63) is 24.3 Å². The summed E-state index contributed by atoms with van der Waals surface area (Å²) in [5, 5.41) is 3.01. The van der Waals surface area contributed by atoms with E-state index in [1.807, 2.05) is 18.2 Å². The van der Waals surface area contributed by atoms with Crippen LogP contribution < -0.4 is 10.2 Å². The summed E-state index contributed by atoms with van der Waals surface area (Å²) >= 11 is 0. The van der Waals surface area contributed by atoms with E-state index in [-0.39, 0.29) is 11.9 Å². The van der Waals surface area contributed by atoms with Crippen molar-refractivity contribution < 1.29 is 4.79 Å². The van der Waals surface area contributed by atoms with Gasteiger partial charge in [0.1, 0.15) is 6.04 Å². The molecule has 84 valence electrons. The zero-order valence-corrected chi connectivity index (χ0v) is 9.44. The highest BCUT2D eigenvalue weighted by molar-refractivity contribution is 6.03. The molecule has 3 heteroatoms. The third kappa shape index (κ3) is 1.31. The highest BCUT2D eigenvalue weighted by Gasteiger charge is 2.38. The number of carbonyl (C=O) groups excluding carboxylic acids is 1. The molecule has 0 aliphatic carbocycles. The molecule has 2 aliphatic rings. The first kappa shape index (κ1) is 9.70. The van der Waals surface area contributed by atoms with Crippen LogP contribution in [-0.2, 0) is 4.79 Å². The van der Waals surface area contributed by atoms with Gasteiger partial charge in [0.2, 0.25) is 5.91 Å². The summed E-state index contributed by atoms with van der Waals surface area (Å²) in [6.45, 7) is 3.17. The molecule has 1 aromatic rings. The predicted molar refractivity (Wildman–Crippen MR) is 64.6 cm³/mol. The van der Waals surface area contributed by atoms with Gasteiger partial charge in [-0.3, -0.25) is 4.79 Å². The molecule has 1 saturated heterocycles. The second kappa shape index (κ2) is 3.51. The van der Waals surface area contributed by atoms with Gasteiger partial charge < -0.3 is 10.2 Å². The number of hydrogen-bond donors (Lipinski definition) is 1. The molecule has 2 heterocycles. The topological polar surface area (TPSA) is 32.3 Å². The van der Waals surface area contributed by atoms with Crippen molar-refractivity contribution >= 4 is 17.3 Å². The highest BCUT2D eigenvalue weighted by Crippen LogP contribution is 2.37. The normalized spacial score (nSPS) is 28.1. The number of piperidine rings is 1. The van der Waals surface area contributed by atoms with Gasteiger partial charge in [-0.25, -0.2) is 0 Å². The van der Waals surface area contributed by atoms with Crippen LogP contribution in [0.15, 0.2) is 24.3 Å². The molecule has 16 heavy (non-hydrogen) atoms. The first-order chi connectivity index (χ1) is 7.77. The van der Waals surface area contributed by atoms with Crippen molar-refractivity contribution in [3.63, 3.8) is 0 Å². The van der Waals surface area contributed by atoms with Crippen LogP contribution in [-0.4, -0.2) is 18.5 Å². The lowest BCUT2D eigenvalue weighted by atomic mass is 9.88. The number of rotatable bonds is 0. The van der Waals surface area contributed by atoms with Crippen LogP contribution in [0.5, 0.6) is 0 Å². The number of carbonyl (C=O) groups is 1. The van der Waals surface area contributed by atoms with E-state index in [4.69, 9.17) is 0 Å². The third-order valence-corrected chi connectivity index (χ3v) is 3.67. The average Bonchev–Trinajstić information content (AvgIpc) is 2.29. The van der Waals surface area contributed by atoms with Gasteiger partial charge in [-0.05, 0) is 30.9 Å². The maximum atomic E-state index is 12.0. The third-order valence-electron chi connectivity index (χ3n) is 3.67. The fourth-order valence-corrected chi connectivity index (χ4v) is 2.89. The van der Waals surface area contributed by atoms with Gasteiger partial charge in [0.25, 0.3) is 0 Å². The van der Waals surface area contributed by atoms with Gasteiger partial charge in [0.05, 0.1) is 11.4 Å². The molecule has 1 N–H and O–H groups in total. The number of hydrogen-bond acceptors (Lipinski definition) is 2. The molecular weight excluding hydrogens is 200 g/mol. The summed E-state index contributed by atoms with van der Waals surface area (Å²) in [4.78, 5) is 14.3. The zero-order valence-electron chi connectivity index (χ0n) is 9.44. The molecule has 0 saturated carbocycles. The Balaban J connectivity index is 2.06. The Morgan fingerprint density at radius 2 is 2.19 bits per heavy atom. The van der Waals surface area contributed by atoms with E-state index in [1.165, 1.54) is 12.1 Å². The Morgan fingerprint density at radius 1 is 1.38 bits per heavy atom. The molecule has 1 amide bonds. The SMILES string of the molecule is CC1CCCN2c3ccccc3NC(=O)C12. The Hall–Kier alpha value is -1.51. The number of para-hydroxylation sites is 2. The number of amides is 1. The number of fused-ring (bicyclic) bond motifs is 3. The summed E-state index contributed by atoms with van der Waals surface area (Å²) in [5.74, 6) is 0.605. The number of anilines is 2. The van der Waals surface area contributed by atoms with Crippen molar-refractivity contribution in [2.75, 3.05) is 16.8 Å². The monoisotopic (exact) mass is 216 g/mol. The first-order valence-corrected chi connectivity index (χ1v) is 5.94. The van der Waals surface area contributed by atoms with Crippen LogP contribution in [0.4, 0.5) is 11.4 Å². The van der Waals surface area contributed by atoms with Crippen molar-refractivity contribution in [2.45, 2.75) is 25.8 Å². The molecule has 0 aromatic heterocycles. The molecule has 3 rings (SSSR count). The molecule has 0 bridgehead atoms. The standard InChI is InChI=1S/C13H16N2O/c1-9-5-4-8-15-11-7-3-2-6-10(11)14-13(16)12(9)15/h2-3,6-7,9,12H,4-5,8H2,1H3,(H,14,16). The molecular formula is C13H16N2O. The smallest absolute Gasteiger partial charge is 0.247 e. The average molecular weight is 216 g/mol. The van der Waals surface area contributed by atoms with Crippen molar-refractivity contribution in [3.8, 4) is 0 Å². The minimum Gasteiger partial charge on any atom is -0.358 e. The zero-order chi connectivity index (χ0) is 11.1. The molecule has 2 aliphatic heterocycles. The van der Waals surface area contributed by atoms with Crippen molar-refractivity contribution in [2.24, 2.45) is 5.92 Å². The van der Waals surface area contributed by atoms with E-state index in [1.54, 1.807) is 0 Å². The summed E-state index contributed by atoms with van der Waals surface area (Å²) in [6, 6.07) is 8.10. The van der Waals surface area contributed by atoms with Gasteiger partial charge in [-0.2, -0.15) is 0 Å². The van der Waals surface area contributed by atoms with Gasteiger partial charge in [0, 0.05) is 6.54 Å². The van der Waals surface area contributed by atoms with E-state index in [0.29, 0.717) is 5.92 Å². The summed E-state index contributed by atoms with van der Waals surface area (Å²) in [5.41, 5.74) is 2.14. The van der Waals surface area contributed by atoms with Crippen LogP contribution in [0.3, 0.4) is 0 Å². The summed E-state index contributed by atoms with van der Waals surface area (Å²) in [6.07, 6.45) is 2.33. The minimum atomic E-state index is 0.0312. The van der Waals surface area contributed by atoms with Crippen LogP contribution in [0, 0.1) is 5.92 Å². The van der Waals surface area contributed by atoms with Gasteiger partial charge >= 0.3 is 0 Å². The molecule has 1 aromatic carbocycles. The lowest BCUT2D eigenvalue weighted by molar-refractivity contribution is -0.119. The Labute approximate surface area is 95.4 Å². The van der Waals surface area contributed by atoms with Crippen LogP contribution in [0.2, 0.25) is 0 Å². The fourth-order valence-electron chi connectivity index (χ4n) is 2.89. The van der Waals surface area contributed by atoms with E-state index >= 15 is 0 Å². The largest absolute Gasteiger partial charge is 0.358 e. The first-order valence-electron chi connectivity index (χ1n) is 5.94. The van der Waals surface area contributed by atoms with E-state index < -0.39 is 0 Å². The summed E-state index contributed by atoms with van der Waals surface area (Å²) in [7, 11) is 0. The predicted octanol–water partition coefficient (Wildman–Crippen LogP) is 2.24. The molecule has 2 unspecified atom stereocenters. The van der Waals surface area contributed by atoms with Crippen LogP contribution in [0.1, 0.15) is 19.8 Å². The lowest BCUT2D eigenvalue weighted by Crippen LogP contribution is -2.54. The van der Waals surface area contributed by atoms with Crippen molar-refractivity contribution in [1.29, 1.82) is 0 Å². The van der Waals surface area contributed by atoms with Gasteiger partial charge in [-0.1, -0.05) is 19.1 Å². The number of nitrogens with one attached hydrogen (secondary N) is 1. The molecule has 1 fully saturated rings. The minimum absolute atomic E-state index is 0.0312. The van der Waals surface area contributed by atoms with E-state index in [2.05, 4.69) is 23.2 Å².